The van der Waals surface area contributed by atoms with Crippen LogP contribution in [0.25, 0.3) is 11.5 Å². The molecule has 3 rings (SSSR count). The molecule has 0 spiro atoms. The number of hydrogen-bond donors (Lipinski definition) is 0. The third kappa shape index (κ3) is 4.58. The van der Waals surface area contributed by atoms with E-state index >= 15 is 0 Å². The zero-order valence-corrected chi connectivity index (χ0v) is 14.2. The molecular formula is C18H15ClN2O4. The highest BCUT2D eigenvalue weighted by Crippen LogP contribution is 2.25. The zero-order valence-electron chi connectivity index (χ0n) is 13.4. The topological polar surface area (TPSA) is 74.5 Å². The largest absolute Gasteiger partial charge is 0.480 e. The molecule has 0 aliphatic carbocycles. The molecule has 3 aromatic rings. The molecule has 1 heterocycles. The van der Waals surface area contributed by atoms with Gasteiger partial charge in [0, 0.05) is 5.56 Å². The monoisotopic (exact) mass is 358 g/mol. The Morgan fingerprint density at radius 3 is 2.76 bits per heavy atom. The van der Waals surface area contributed by atoms with Gasteiger partial charge in [-0.05, 0) is 36.8 Å². The summed E-state index contributed by atoms with van der Waals surface area (Å²) in [7, 11) is 0. The van der Waals surface area contributed by atoms with Gasteiger partial charge in [-0.25, -0.2) is 4.79 Å². The van der Waals surface area contributed by atoms with Crippen LogP contribution in [0, 0.1) is 6.92 Å². The van der Waals surface area contributed by atoms with Gasteiger partial charge in [0.25, 0.3) is 5.89 Å². The molecule has 0 aliphatic heterocycles. The summed E-state index contributed by atoms with van der Waals surface area (Å²) in [6.45, 7) is 1.52. The van der Waals surface area contributed by atoms with E-state index in [0.717, 1.165) is 11.1 Å². The molecule has 0 N–H and O–H groups in total. The minimum absolute atomic E-state index is 0.121. The summed E-state index contributed by atoms with van der Waals surface area (Å²) in [5.41, 5.74) is 1.78. The maximum atomic E-state index is 11.8. The average Bonchev–Trinajstić information content (AvgIpc) is 3.10. The fourth-order valence-corrected chi connectivity index (χ4v) is 2.22. The van der Waals surface area contributed by atoms with E-state index in [-0.39, 0.29) is 19.1 Å². The van der Waals surface area contributed by atoms with Crippen molar-refractivity contribution in [2.45, 2.75) is 13.5 Å². The van der Waals surface area contributed by atoms with Crippen molar-refractivity contribution in [3.63, 3.8) is 0 Å². The van der Waals surface area contributed by atoms with Crippen molar-refractivity contribution in [1.82, 2.24) is 10.2 Å². The van der Waals surface area contributed by atoms with Gasteiger partial charge in [-0.1, -0.05) is 35.9 Å². The van der Waals surface area contributed by atoms with Crippen molar-refractivity contribution < 1.29 is 18.7 Å². The molecular weight excluding hydrogens is 344 g/mol. The number of aromatic nitrogens is 2. The number of ether oxygens (including phenoxy) is 2. The number of rotatable bonds is 6. The molecule has 6 nitrogen and oxygen atoms in total. The second-order valence-electron chi connectivity index (χ2n) is 5.25. The van der Waals surface area contributed by atoms with Gasteiger partial charge in [0.05, 0.1) is 5.02 Å². The van der Waals surface area contributed by atoms with E-state index in [1.165, 1.54) is 0 Å². The molecule has 0 fully saturated rings. The minimum atomic E-state index is -0.558. The van der Waals surface area contributed by atoms with E-state index in [1.54, 1.807) is 12.1 Å². The molecule has 0 saturated heterocycles. The molecule has 0 aliphatic rings. The van der Waals surface area contributed by atoms with E-state index < -0.39 is 5.97 Å². The van der Waals surface area contributed by atoms with Crippen LogP contribution in [0.15, 0.2) is 52.9 Å². The summed E-state index contributed by atoms with van der Waals surface area (Å²) in [5.74, 6) is 0.454. The van der Waals surface area contributed by atoms with Gasteiger partial charge in [0.1, 0.15) is 5.75 Å². The third-order valence-electron chi connectivity index (χ3n) is 3.28. The predicted octanol–water partition coefficient (Wildman–Crippen LogP) is 3.82. The Bertz CT molecular complexity index is 865. The normalized spacial score (nSPS) is 10.5. The van der Waals surface area contributed by atoms with E-state index in [2.05, 4.69) is 10.2 Å². The fourth-order valence-electron chi connectivity index (χ4n) is 2.05. The van der Waals surface area contributed by atoms with Gasteiger partial charge in [-0.3, -0.25) is 0 Å². The third-order valence-corrected chi connectivity index (χ3v) is 3.59. The SMILES string of the molecule is Cc1ccc(Cl)c(OCC(=O)OCc2nnc(-c3ccccc3)o2)c1. The summed E-state index contributed by atoms with van der Waals surface area (Å²) in [6.07, 6.45) is 0. The highest BCUT2D eigenvalue weighted by Gasteiger charge is 2.12. The Morgan fingerprint density at radius 2 is 1.96 bits per heavy atom. The Kier molecular flexibility index (Phi) is 5.30. The lowest BCUT2D eigenvalue weighted by Crippen LogP contribution is -2.15. The van der Waals surface area contributed by atoms with E-state index in [0.29, 0.717) is 16.7 Å². The first-order chi connectivity index (χ1) is 12.1. The first-order valence-electron chi connectivity index (χ1n) is 7.54. The van der Waals surface area contributed by atoms with Crippen LogP contribution < -0.4 is 4.74 Å². The van der Waals surface area contributed by atoms with Crippen molar-refractivity contribution in [3.05, 3.63) is 65.0 Å². The summed E-state index contributed by atoms with van der Waals surface area (Å²) in [5, 5.41) is 8.21. The average molecular weight is 359 g/mol. The van der Waals surface area contributed by atoms with Crippen molar-refractivity contribution in [3.8, 4) is 17.2 Å². The number of nitrogens with zero attached hydrogens (tertiary/aromatic N) is 2. The molecule has 25 heavy (non-hydrogen) atoms. The van der Waals surface area contributed by atoms with Crippen molar-refractivity contribution >= 4 is 17.6 Å². The lowest BCUT2D eigenvalue weighted by molar-refractivity contribution is -0.148. The molecule has 2 aromatic carbocycles. The van der Waals surface area contributed by atoms with E-state index in [1.807, 2.05) is 43.3 Å². The highest BCUT2D eigenvalue weighted by atomic mass is 35.5. The van der Waals surface area contributed by atoms with E-state index in [4.69, 9.17) is 25.5 Å². The molecule has 1 aromatic heterocycles. The van der Waals surface area contributed by atoms with Gasteiger partial charge in [-0.15, -0.1) is 10.2 Å². The number of halogens is 1. The van der Waals surface area contributed by atoms with Crippen molar-refractivity contribution in [2.24, 2.45) is 0 Å². The first-order valence-corrected chi connectivity index (χ1v) is 7.92. The van der Waals surface area contributed by atoms with Crippen LogP contribution in [0.5, 0.6) is 5.75 Å². The van der Waals surface area contributed by atoms with E-state index in [9.17, 15) is 4.79 Å². The molecule has 7 heteroatoms. The second-order valence-corrected chi connectivity index (χ2v) is 5.66. The van der Waals surface area contributed by atoms with Crippen LogP contribution in [0.2, 0.25) is 5.02 Å². The van der Waals surface area contributed by atoms with Crippen LogP contribution in [0.1, 0.15) is 11.5 Å². The number of carbonyl (C=O) groups excluding carboxylic acids is 1. The number of hydrogen-bond acceptors (Lipinski definition) is 6. The molecule has 128 valence electrons. The molecule has 0 saturated carbocycles. The van der Waals surface area contributed by atoms with Crippen molar-refractivity contribution in [1.29, 1.82) is 0 Å². The minimum Gasteiger partial charge on any atom is -0.480 e. The van der Waals surface area contributed by atoms with Crippen LogP contribution in [-0.4, -0.2) is 22.8 Å². The van der Waals surface area contributed by atoms with Gasteiger partial charge in [0.2, 0.25) is 5.89 Å². The first kappa shape index (κ1) is 17.0. The van der Waals surface area contributed by atoms with Crippen LogP contribution in [0.3, 0.4) is 0 Å². The van der Waals surface area contributed by atoms with Gasteiger partial charge >= 0.3 is 5.97 Å². The lowest BCUT2D eigenvalue weighted by Gasteiger charge is -2.08. The lowest BCUT2D eigenvalue weighted by atomic mass is 10.2. The molecule has 0 amide bonds. The van der Waals surface area contributed by atoms with Gasteiger partial charge in [0.15, 0.2) is 13.2 Å². The molecule has 0 atom stereocenters. The number of benzene rings is 2. The molecule has 0 bridgehead atoms. The van der Waals surface area contributed by atoms with Crippen molar-refractivity contribution in [2.75, 3.05) is 6.61 Å². The van der Waals surface area contributed by atoms with Gasteiger partial charge in [-0.2, -0.15) is 0 Å². The second kappa shape index (κ2) is 7.81. The smallest absolute Gasteiger partial charge is 0.344 e. The Hall–Kier alpha value is -2.86. The van der Waals surface area contributed by atoms with Crippen LogP contribution in [0.4, 0.5) is 0 Å². The number of esters is 1. The molecule has 0 radical (unpaired) electrons. The Morgan fingerprint density at radius 1 is 1.16 bits per heavy atom. The fraction of sp³-hybridized carbons (Fsp3) is 0.167. The standard InChI is InChI=1S/C18H15ClN2O4/c1-12-7-8-14(19)15(9-12)23-11-17(22)24-10-16-20-21-18(25-16)13-5-3-2-4-6-13/h2-9H,10-11H2,1H3. The maximum absolute atomic E-state index is 11.8. The number of aryl methyl sites for hydroxylation is 1. The molecule has 0 unspecified atom stereocenters. The predicted molar refractivity (Wildman–Crippen MR) is 91.2 cm³/mol. The highest BCUT2D eigenvalue weighted by molar-refractivity contribution is 6.32. The maximum Gasteiger partial charge on any atom is 0.344 e. The van der Waals surface area contributed by atoms with Crippen LogP contribution in [-0.2, 0) is 16.1 Å². The number of carbonyl (C=O) groups is 1. The summed E-state index contributed by atoms with van der Waals surface area (Å²) >= 11 is 6.00. The summed E-state index contributed by atoms with van der Waals surface area (Å²) in [4.78, 5) is 11.8. The Balaban J connectivity index is 1.51. The van der Waals surface area contributed by atoms with Crippen LogP contribution >= 0.6 is 11.6 Å². The Labute approximate surface area is 149 Å². The quantitative estimate of drug-likeness (QED) is 0.623. The summed E-state index contributed by atoms with van der Waals surface area (Å²) in [6, 6.07) is 14.6. The summed E-state index contributed by atoms with van der Waals surface area (Å²) < 4.78 is 15.9. The van der Waals surface area contributed by atoms with Gasteiger partial charge < -0.3 is 13.9 Å². The zero-order chi connectivity index (χ0) is 17.6.